The Balaban J connectivity index is 1.97. The maximum atomic E-state index is 12.4. The van der Waals surface area contributed by atoms with Gasteiger partial charge in [0.15, 0.2) is 0 Å². The molecule has 116 valence electrons. The van der Waals surface area contributed by atoms with Crippen molar-refractivity contribution in [2.45, 2.75) is 26.2 Å². The monoisotopic (exact) mass is 355 g/mol. The molecule has 1 fully saturated rings. The van der Waals surface area contributed by atoms with Crippen molar-refractivity contribution >= 4 is 27.7 Å². The molecule has 1 aromatic rings. The molecule has 0 unspecified atom stereocenters. The van der Waals surface area contributed by atoms with Gasteiger partial charge in [-0.3, -0.25) is 4.79 Å². The Hall–Kier alpha value is -1.14. The number of carbonyl (C=O) groups is 1. The van der Waals surface area contributed by atoms with Crippen molar-refractivity contribution in [2.75, 3.05) is 31.6 Å². The summed E-state index contributed by atoms with van der Waals surface area (Å²) in [5.41, 5.74) is 0.588. The molecule has 6 heteroatoms. The van der Waals surface area contributed by atoms with Crippen LogP contribution in [0.2, 0.25) is 0 Å². The van der Waals surface area contributed by atoms with Crippen LogP contribution < -0.4 is 10.6 Å². The van der Waals surface area contributed by atoms with E-state index in [1.807, 2.05) is 6.07 Å². The highest BCUT2D eigenvalue weighted by Gasteiger charge is 2.17. The predicted molar refractivity (Wildman–Crippen MR) is 86.6 cm³/mol. The lowest BCUT2D eigenvalue weighted by molar-refractivity contribution is 0.0643. The van der Waals surface area contributed by atoms with Gasteiger partial charge in [-0.25, -0.2) is 4.98 Å². The molecular formula is C15H22BrN3O2. The average molecular weight is 356 g/mol. The van der Waals surface area contributed by atoms with Gasteiger partial charge in [-0.2, -0.15) is 0 Å². The minimum Gasteiger partial charge on any atom is -0.381 e. The number of rotatable bonds is 6. The number of amides is 1. The number of pyridine rings is 1. The Kier molecular flexibility index (Phi) is 6.45. The summed E-state index contributed by atoms with van der Waals surface area (Å²) >= 11 is 3.37. The summed E-state index contributed by atoms with van der Waals surface area (Å²) in [5, 5.41) is 6.21. The molecule has 1 aromatic heterocycles. The topological polar surface area (TPSA) is 63.2 Å². The molecule has 21 heavy (non-hydrogen) atoms. The number of anilines is 1. The van der Waals surface area contributed by atoms with Gasteiger partial charge in [0.25, 0.3) is 5.91 Å². The zero-order chi connectivity index (χ0) is 15.1. The number of hydrogen-bond acceptors (Lipinski definition) is 4. The van der Waals surface area contributed by atoms with Crippen LogP contribution in [0.4, 0.5) is 5.82 Å². The van der Waals surface area contributed by atoms with Crippen LogP contribution >= 0.6 is 15.9 Å². The maximum absolute atomic E-state index is 12.4. The molecule has 0 spiro atoms. The number of nitrogens with one attached hydrogen (secondary N) is 2. The second-order valence-corrected chi connectivity index (χ2v) is 6.16. The quantitative estimate of drug-likeness (QED) is 0.823. The van der Waals surface area contributed by atoms with Crippen LogP contribution in [-0.2, 0) is 4.74 Å². The second kappa shape index (κ2) is 8.34. The van der Waals surface area contributed by atoms with Crippen LogP contribution in [0.25, 0.3) is 0 Å². The molecule has 0 radical (unpaired) electrons. The third-order valence-electron chi connectivity index (χ3n) is 3.53. The van der Waals surface area contributed by atoms with Crippen LogP contribution in [-0.4, -0.2) is 37.2 Å². The molecule has 0 atom stereocenters. The van der Waals surface area contributed by atoms with Crippen LogP contribution in [0.5, 0.6) is 0 Å². The first-order chi connectivity index (χ1) is 10.2. The predicted octanol–water partition coefficient (Wildman–Crippen LogP) is 2.82. The molecule has 1 saturated heterocycles. The molecule has 1 amide bonds. The summed E-state index contributed by atoms with van der Waals surface area (Å²) in [4.78, 5) is 16.7. The van der Waals surface area contributed by atoms with E-state index < -0.39 is 0 Å². The number of hydrogen-bond donors (Lipinski definition) is 2. The Bertz CT molecular complexity index is 476. The van der Waals surface area contributed by atoms with Crippen LogP contribution in [0.3, 0.4) is 0 Å². The van der Waals surface area contributed by atoms with Crippen LogP contribution in [0.1, 0.15) is 36.5 Å². The van der Waals surface area contributed by atoms with Gasteiger partial charge in [0, 0.05) is 37.0 Å². The minimum absolute atomic E-state index is 0.0751. The number of carbonyl (C=O) groups excluding carboxylic acids is 1. The summed E-state index contributed by atoms with van der Waals surface area (Å²) < 4.78 is 6.14. The largest absolute Gasteiger partial charge is 0.381 e. The zero-order valence-electron chi connectivity index (χ0n) is 12.3. The molecule has 0 saturated carbocycles. The number of ether oxygens (including phenoxy) is 1. The smallest absolute Gasteiger partial charge is 0.255 e. The van der Waals surface area contributed by atoms with Gasteiger partial charge in [0.05, 0.1) is 5.56 Å². The van der Waals surface area contributed by atoms with Crippen molar-refractivity contribution in [3.8, 4) is 0 Å². The standard InChI is InChI=1S/C15H22BrN3O2/c1-2-5-17-14-13(8-12(16)10-18-14)15(20)19-9-11-3-6-21-7-4-11/h8,10-11H,2-7,9H2,1H3,(H,17,18)(H,19,20). The van der Waals surface area contributed by atoms with Crippen LogP contribution in [0.15, 0.2) is 16.7 Å². The van der Waals surface area contributed by atoms with Crippen molar-refractivity contribution in [3.63, 3.8) is 0 Å². The molecule has 1 aliphatic heterocycles. The van der Waals surface area contributed by atoms with E-state index in [-0.39, 0.29) is 5.91 Å². The third kappa shape index (κ3) is 4.97. The van der Waals surface area contributed by atoms with E-state index in [1.54, 1.807) is 6.20 Å². The molecule has 2 N–H and O–H groups in total. The Morgan fingerprint density at radius 3 is 2.95 bits per heavy atom. The van der Waals surface area contributed by atoms with Gasteiger partial charge in [-0.05, 0) is 47.2 Å². The van der Waals surface area contributed by atoms with Gasteiger partial charge in [-0.1, -0.05) is 6.92 Å². The second-order valence-electron chi connectivity index (χ2n) is 5.24. The summed E-state index contributed by atoms with van der Waals surface area (Å²) in [5.74, 6) is 1.08. The molecule has 5 nitrogen and oxygen atoms in total. The van der Waals surface area contributed by atoms with E-state index in [0.29, 0.717) is 23.8 Å². The lowest BCUT2D eigenvalue weighted by Gasteiger charge is -2.22. The molecule has 0 aromatic carbocycles. The Labute approximate surface area is 134 Å². The first-order valence-corrected chi connectivity index (χ1v) is 8.25. The summed E-state index contributed by atoms with van der Waals surface area (Å²) in [6.07, 6.45) is 4.71. The third-order valence-corrected chi connectivity index (χ3v) is 3.97. The van der Waals surface area contributed by atoms with Gasteiger partial charge in [-0.15, -0.1) is 0 Å². The molecule has 2 rings (SSSR count). The minimum atomic E-state index is -0.0751. The highest BCUT2D eigenvalue weighted by molar-refractivity contribution is 9.10. The van der Waals surface area contributed by atoms with Crippen molar-refractivity contribution in [1.82, 2.24) is 10.3 Å². The first-order valence-electron chi connectivity index (χ1n) is 7.46. The molecule has 2 heterocycles. The highest BCUT2D eigenvalue weighted by Crippen LogP contribution is 2.19. The van der Waals surface area contributed by atoms with Crippen LogP contribution in [0, 0.1) is 5.92 Å². The van der Waals surface area contributed by atoms with E-state index in [9.17, 15) is 4.79 Å². The van der Waals surface area contributed by atoms with Crippen molar-refractivity contribution in [1.29, 1.82) is 0 Å². The molecule has 0 aliphatic carbocycles. The summed E-state index contributed by atoms with van der Waals surface area (Å²) in [6, 6.07) is 1.81. The Morgan fingerprint density at radius 2 is 2.24 bits per heavy atom. The number of nitrogens with zero attached hydrogens (tertiary/aromatic N) is 1. The Morgan fingerprint density at radius 1 is 1.48 bits per heavy atom. The highest BCUT2D eigenvalue weighted by atomic mass is 79.9. The normalized spacial score (nSPS) is 15.7. The van der Waals surface area contributed by atoms with Gasteiger partial charge < -0.3 is 15.4 Å². The lowest BCUT2D eigenvalue weighted by atomic mass is 10.0. The van der Waals surface area contributed by atoms with Crippen molar-refractivity contribution < 1.29 is 9.53 Å². The van der Waals surface area contributed by atoms with E-state index in [0.717, 1.165) is 43.5 Å². The van der Waals surface area contributed by atoms with Crippen molar-refractivity contribution in [3.05, 3.63) is 22.3 Å². The molecule has 1 aliphatic rings. The fourth-order valence-electron chi connectivity index (χ4n) is 2.28. The number of halogens is 1. The maximum Gasteiger partial charge on any atom is 0.255 e. The van der Waals surface area contributed by atoms with E-state index in [1.165, 1.54) is 0 Å². The number of aromatic nitrogens is 1. The van der Waals surface area contributed by atoms with E-state index >= 15 is 0 Å². The fraction of sp³-hybridized carbons (Fsp3) is 0.600. The van der Waals surface area contributed by atoms with Gasteiger partial charge in [0.1, 0.15) is 5.82 Å². The van der Waals surface area contributed by atoms with E-state index in [4.69, 9.17) is 4.74 Å². The fourth-order valence-corrected chi connectivity index (χ4v) is 2.61. The van der Waals surface area contributed by atoms with Crippen molar-refractivity contribution in [2.24, 2.45) is 5.92 Å². The molecular weight excluding hydrogens is 334 g/mol. The van der Waals surface area contributed by atoms with Gasteiger partial charge >= 0.3 is 0 Å². The summed E-state index contributed by atoms with van der Waals surface area (Å²) in [6.45, 7) is 5.16. The zero-order valence-corrected chi connectivity index (χ0v) is 13.9. The average Bonchev–Trinajstić information content (AvgIpc) is 2.52. The van der Waals surface area contributed by atoms with Gasteiger partial charge in [0.2, 0.25) is 0 Å². The SMILES string of the molecule is CCCNc1ncc(Br)cc1C(=O)NCC1CCOCC1. The summed E-state index contributed by atoms with van der Waals surface area (Å²) in [7, 11) is 0. The lowest BCUT2D eigenvalue weighted by Crippen LogP contribution is -2.32. The van der Waals surface area contributed by atoms with E-state index in [2.05, 4.69) is 38.5 Å². The molecule has 0 bridgehead atoms. The first kappa shape index (κ1) is 16.2.